The monoisotopic (exact) mass is 242 g/mol. The quantitative estimate of drug-likeness (QED) is 0.896. The first-order valence-corrected chi connectivity index (χ1v) is 5.85. The molecule has 2 heterocycles. The predicted molar refractivity (Wildman–Crippen MR) is 61.3 cm³/mol. The molecule has 0 radical (unpaired) electrons. The van der Waals surface area contributed by atoms with E-state index in [1.807, 2.05) is 24.8 Å². The van der Waals surface area contributed by atoms with Crippen molar-refractivity contribution in [2.75, 3.05) is 7.05 Å². The molecular formula is C10H11ClN2OS. The molecular weight excluding hydrogens is 232 g/mol. The number of nitrogens with one attached hydrogen (secondary N) is 1. The molecule has 0 bridgehead atoms. The molecule has 0 saturated carbocycles. The molecule has 1 N–H and O–H groups in total. The summed E-state index contributed by atoms with van der Waals surface area (Å²) < 4.78 is 5.37. The summed E-state index contributed by atoms with van der Waals surface area (Å²) in [4.78, 5) is 5.27. The van der Waals surface area contributed by atoms with Crippen molar-refractivity contribution >= 4 is 22.9 Å². The second-order valence-corrected chi connectivity index (χ2v) is 4.50. The maximum Gasteiger partial charge on any atom is 0.193 e. The third-order valence-corrected chi connectivity index (χ3v) is 3.18. The minimum Gasteiger partial charge on any atom is -0.448 e. The SMILES string of the molecule is CNC(Cc1cncs1)c1ccc(Cl)o1. The molecule has 1 unspecified atom stereocenters. The average molecular weight is 243 g/mol. The lowest BCUT2D eigenvalue weighted by Crippen LogP contribution is -2.17. The van der Waals surface area contributed by atoms with E-state index in [-0.39, 0.29) is 6.04 Å². The Bertz CT molecular complexity index is 413. The van der Waals surface area contributed by atoms with Gasteiger partial charge in [0.25, 0.3) is 0 Å². The Morgan fingerprint density at radius 3 is 3.00 bits per heavy atom. The van der Waals surface area contributed by atoms with Gasteiger partial charge in [0.05, 0.1) is 11.6 Å². The van der Waals surface area contributed by atoms with Gasteiger partial charge in [-0.25, -0.2) is 0 Å². The van der Waals surface area contributed by atoms with E-state index < -0.39 is 0 Å². The van der Waals surface area contributed by atoms with Crippen LogP contribution in [0.15, 0.2) is 28.3 Å². The van der Waals surface area contributed by atoms with Crippen LogP contribution in [0, 0.1) is 0 Å². The Hall–Kier alpha value is -0.840. The van der Waals surface area contributed by atoms with E-state index in [1.165, 1.54) is 4.88 Å². The van der Waals surface area contributed by atoms with Crippen LogP contribution in [0.1, 0.15) is 16.7 Å². The van der Waals surface area contributed by atoms with Gasteiger partial charge in [-0.2, -0.15) is 0 Å². The number of aromatic nitrogens is 1. The lowest BCUT2D eigenvalue weighted by atomic mass is 10.1. The summed E-state index contributed by atoms with van der Waals surface area (Å²) in [6.07, 6.45) is 2.74. The van der Waals surface area contributed by atoms with E-state index in [2.05, 4.69) is 10.3 Å². The number of halogens is 1. The smallest absolute Gasteiger partial charge is 0.193 e. The molecule has 15 heavy (non-hydrogen) atoms. The van der Waals surface area contributed by atoms with Gasteiger partial charge in [-0.15, -0.1) is 11.3 Å². The van der Waals surface area contributed by atoms with E-state index in [4.69, 9.17) is 16.0 Å². The van der Waals surface area contributed by atoms with Crippen LogP contribution < -0.4 is 5.32 Å². The second kappa shape index (κ2) is 4.79. The number of rotatable bonds is 4. The highest BCUT2D eigenvalue weighted by Crippen LogP contribution is 2.23. The summed E-state index contributed by atoms with van der Waals surface area (Å²) in [5.74, 6) is 0.857. The maximum atomic E-state index is 5.74. The van der Waals surface area contributed by atoms with Crippen molar-refractivity contribution in [3.63, 3.8) is 0 Å². The summed E-state index contributed by atoms with van der Waals surface area (Å²) in [5, 5.41) is 3.62. The number of thiazole rings is 1. The molecule has 2 aromatic heterocycles. The number of hydrogen-bond donors (Lipinski definition) is 1. The molecule has 5 heteroatoms. The highest BCUT2D eigenvalue weighted by Gasteiger charge is 2.14. The minimum atomic E-state index is 0.151. The standard InChI is InChI=1S/C10H11ClN2OS/c1-12-8(4-7-5-13-6-15-7)9-2-3-10(11)14-9/h2-3,5-6,8,12H,4H2,1H3. The largest absolute Gasteiger partial charge is 0.448 e. The van der Waals surface area contributed by atoms with Crippen LogP contribution >= 0.6 is 22.9 Å². The second-order valence-electron chi connectivity index (χ2n) is 3.16. The van der Waals surface area contributed by atoms with Crippen LogP contribution in [-0.2, 0) is 6.42 Å². The molecule has 0 fully saturated rings. The number of likely N-dealkylation sites (N-methyl/N-ethyl adjacent to an activating group) is 1. The fourth-order valence-corrected chi connectivity index (χ4v) is 2.20. The van der Waals surface area contributed by atoms with Crippen LogP contribution in [0.4, 0.5) is 0 Å². The number of furan rings is 1. The third-order valence-electron chi connectivity index (χ3n) is 2.17. The molecule has 80 valence electrons. The van der Waals surface area contributed by atoms with E-state index in [9.17, 15) is 0 Å². The van der Waals surface area contributed by atoms with Crippen LogP contribution in [0.5, 0.6) is 0 Å². The van der Waals surface area contributed by atoms with E-state index in [0.717, 1.165) is 12.2 Å². The molecule has 3 nitrogen and oxygen atoms in total. The number of nitrogens with zero attached hydrogens (tertiary/aromatic N) is 1. The zero-order valence-corrected chi connectivity index (χ0v) is 9.81. The fraction of sp³-hybridized carbons (Fsp3) is 0.300. The Kier molecular flexibility index (Phi) is 3.41. The summed E-state index contributed by atoms with van der Waals surface area (Å²) in [7, 11) is 1.90. The van der Waals surface area contributed by atoms with Gasteiger partial charge in [0, 0.05) is 17.5 Å². The zero-order valence-electron chi connectivity index (χ0n) is 8.24. The molecule has 2 rings (SSSR count). The molecule has 0 aromatic carbocycles. The van der Waals surface area contributed by atoms with Gasteiger partial charge in [-0.3, -0.25) is 4.98 Å². The molecule has 2 aromatic rings. The van der Waals surface area contributed by atoms with Crippen LogP contribution in [0.2, 0.25) is 5.22 Å². The van der Waals surface area contributed by atoms with Gasteiger partial charge >= 0.3 is 0 Å². The number of hydrogen-bond acceptors (Lipinski definition) is 4. The summed E-state index contributed by atoms with van der Waals surface area (Å²) in [6, 6.07) is 3.80. The third kappa shape index (κ3) is 2.59. The lowest BCUT2D eigenvalue weighted by molar-refractivity contribution is 0.432. The first kappa shape index (κ1) is 10.7. The van der Waals surface area contributed by atoms with Gasteiger partial charge in [-0.1, -0.05) is 0 Å². The fourth-order valence-electron chi connectivity index (χ4n) is 1.40. The van der Waals surface area contributed by atoms with Gasteiger partial charge in [0.15, 0.2) is 5.22 Å². The molecule has 0 spiro atoms. The molecule has 0 aliphatic rings. The summed E-state index contributed by atoms with van der Waals surface area (Å²) >= 11 is 7.38. The molecule has 0 aliphatic carbocycles. The van der Waals surface area contributed by atoms with Crippen molar-refractivity contribution in [1.29, 1.82) is 0 Å². The highest BCUT2D eigenvalue weighted by atomic mass is 35.5. The van der Waals surface area contributed by atoms with Crippen molar-refractivity contribution in [2.45, 2.75) is 12.5 Å². The molecule has 0 amide bonds. The van der Waals surface area contributed by atoms with Crippen molar-refractivity contribution in [1.82, 2.24) is 10.3 Å². The average Bonchev–Trinajstić information content (AvgIpc) is 2.85. The molecule has 1 atom stereocenters. The Morgan fingerprint density at radius 1 is 1.60 bits per heavy atom. The van der Waals surface area contributed by atoms with Crippen LogP contribution in [0.25, 0.3) is 0 Å². The first-order chi connectivity index (χ1) is 7.29. The predicted octanol–water partition coefficient (Wildman–Crippen LogP) is 2.89. The Morgan fingerprint density at radius 2 is 2.47 bits per heavy atom. The molecule has 0 aliphatic heterocycles. The van der Waals surface area contributed by atoms with Crippen molar-refractivity contribution in [3.8, 4) is 0 Å². The van der Waals surface area contributed by atoms with Crippen molar-refractivity contribution in [2.24, 2.45) is 0 Å². The Labute approximate surface area is 97.1 Å². The lowest BCUT2D eigenvalue weighted by Gasteiger charge is -2.11. The zero-order chi connectivity index (χ0) is 10.7. The van der Waals surface area contributed by atoms with Crippen LogP contribution in [0.3, 0.4) is 0 Å². The highest BCUT2D eigenvalue weighted by molar-refractivity contribution is 7.09. The van der Waals surface area contributed by atoms with E-state index in [1.54, 1.807) is 17.4 Å². The van der Waals surface area contributed by atoms with Gasteiger partial charge in [0.1, 0.15) is 5.76 Å². The van der Waals surface area contributed by atoms with E-state index >= 15 is 0 Å². The van der Waals surface area contributed by atoms with Gasteiger partial charge in [0.2, 0.25) is 0 Å². The van der Waals surface area contributed by atoms with Crippen molar-refractivity contribution < 1.29 is 4.42 Å². The van der Waals surface area contributed by atoms with E-state index in [0.29, 0.717) is 5.22 Å². The van der Waals surface area contributed by atoms with Crippen molar-refractivity contribution in [3.05, 3.63) is 39.7 Å². The topological polar surface area (TPSA) is 38.1 Å². The van der Waals surface area contributed by atoms with Gasteiger partial charge in [-0.05, 0) is 30.8 Å². The minimum absolute atomic E-state index is 0.151. The first-order valence-electron chi connectivity index (χ1n) is 4.59. The van der Waals surface area contributed by atoms with Gasteiger partial charge < -0.3 is 9.73 Å². The normalized spacial score (nSPS) is 12.9. The summed E-state index contributed by atoms with van der Waals surface area (Å²) in [5.41, 5.74) is 1.83. The maximum absolute atomic E-state index is 5.74. The molecule has 0 saturated heterocycles. The summed E-state index contributed by atoms with van der Waals surface area (Å²) in [6.45, 7) is 0. The Balaban J connectivity index is 2.11. The van der Waals surface area contributed by atoms with Crippen LogP contribution in [-0.4, -0.2) is 12.0 Å².